The fraction of sp³-hybridized carbons (Fsp3) is 0.143. The van der Waals surface area contributed by atoms with Crippen LogP contribution in [0.3, 0.4) is 0 Å². The molecule has 176 valence electrons. The molecule has 9 nitrogen and oxygen atoms in total. The second kappa shape index (κ2) is 10.0. The number of aromatic nitrogens is 5. The minimum Gasteiger partial charge on any atom is -0.431 e. The number of nitrogens with zero attached hydrogens (tertiary/aromatic N) is 4. The van der Waals surface area contributed by atoms with Gasteiger partial charge in [-0.3, -0.25) is 4.79 Å². The van der Waals surface area contributed by atoms with Crippen LogP contribution < -0.4 is 19.9 Å². The van der Waals surface area contributed by atoms with Gasteiger partial charge in [0, 0.05) is 34.8 Å². The molecule has 2 N–H and O–H groups in total. The summed E-state index contributed by atoms with van der Waals surface area (Å²) in [6, 6.07) is 13.6. The monoisotopic (exact) mass is 476 g/mol. The van der Waals surface area contributed by atoms with Gasteiger partial charge in [-0.1, -0.05) is 6.07 Å². The van der Waals surface area contributed by atoms with Gasteiger partial charge < -0.3 is 19.4 Å². The summed E-state index contributed by atoms with van der Waals surface area (Å²) < 4.78 is 60.0. The van der Waals surface area contributed by atoms with E-state index in [-0.39, 0.29) is 17.8 Å². The highest BCUT2D eigenvalue weighted by Crippen LogP contribution is 2.37. The number of benzene rings is 2. The van der Waals surface area contributed by atoms with Gasteiger partial charge in [0.15, 0.2) is 11.5 Å². The van der Waals surface area contributed by atoms with Crippen LogP contribution in [0.4, 0.5) is 28.9 Å². The van der Waals surface area contributed by atoms with Gasteiger partial charge in [-0.15, -0.1) is 10.2 Å². The van der Waals surface area contributed by atoms with Crippen LogP contribution in [0.25, 0.3) is 11.4 Å². The van der Waals surface area contributed by atoms with Crippen molar-refractivity contribution in [2.24, 2.45) is 0 Å². The summed E-state index contributed by atoms with van der Waals surface area (Å²) in [6.45, 7) is -6.47. The van der Waals surface area contributed by atoms with Gasteiger partial charge in [0.1, 0.15) is 0 Å². The molecule has 0 radical (unpaired) electrons. The van der Waals surface area contributed by atoms with E-state index in [0.29, 0.717) is 22.6 Å². The van der Waals surface area contributed by atoms with Crippen molar-refractivity contribution in [3.63, 3.8) is 0 Å². The first-order chi connectivity index (χ1) is 16.4. The Morgan fingerprint density at radius 3 is 2.26 bits per heavy atom. The smallest absolute Gasteiger partial charge is 0.387 e. The van der Waals surface area contributed by atoms with Crippen molar-refractivity contribution in [1.82, 2.24) is 25.6 Å². The summed E-state index contributed by atoms with van der Waals surface area (Å²) in [5, 5.41) is 13.7. The molecule has 0 spiro atoms. The van der Waals surface area contributed by atoms with Crippen LogP contribution >= 0.6 is 0 Å². The molecule has 4 aromatic rings. The first kappa shape index (κ1) is 22.8. The molecule has 4 rings (SSSR count). The van der Waals surface area contributed by atoms with Gasteiger partial charge in [0.05, 0.1) is 6.54 Å². The number of ether oxygens (including phenoxy) is 2. The predicted octanol–water partition coefficient (Wildman–Crippen LogP) is 4.10. The minimum atomic E-state index is -3.27. The summed E-state index contributed by atoms with van der Waals surface area (Å²) in [6.07, 6.45) is 1.47. The molecule has 34 heavy (non-hydrogen) atoms. The third-order valence-corrected chi connectivity index (χ3v) is 4.68. The average molecular weight is 476 g/mol. The molecule has 13 heteroatoms. The van der Waals surface area contributed by atoms with E-state index in [9.17, 15) is 22.4 Å². The Morgan fingerprint density at radius 2 is 1.62 bits per heavy atom. The quantitative estimate of drug-likeness (QED) is 0.350. The van der Waals surface area contributed by atoms with Crippen molar-refractivity contribution in [3.8, 4) is 22.9 Å². The fourth-order valence-electron chi connectivity index (χ4n) is 3.20. The highest BCUT2D eigenvalue weighted by molar-refractivity contribution is 5.69. The van der Waals surface area contributed by atoms with Crippen LogP contribution in [0.1, 0.15) is 5.56 Å². The molecule has 0 aliphatic rings. The minimum absolute atomic E-state index is 0.0287. The lowest BCUT2D eigenvalue weighted by Gasteiger charge is -2.26. The largest absolute Gasteiger partial charge is 0.431 e. The van der Waals surface area contributed by atoms with Crippen molar-refractivity contribution in [1.29, 1.82) is 0 Å². The van der Waals surface area contributed by atoms with Crippen molar-refractivity contribution < 1.29 is 27.0 Å². The van der Waals surface area contributed by atoms with E-state index in [1.165, 1.54) is 12.3 Å². The summed E-state index contributed by atoms with van der Waals surface area (Å²) in [5.74, 6) is -0.772. The normalized spacial score (nSPS) is 11.1. The molecular formula is C21H16F4N6O3. The predicted molar refractivity (Wildman–Crippen MR) is 112 cm³/mol. The zero-order valence-corrected chi connectivity index (χ0v) is 17.2. The molecule has 0 fully saturated rings. The standard InChI is InChI=1S/C21H16F4N6O3/c22-20(23)33-16-8-7-15(10-17(16)34-21(24)25)31(11-13-2-1-9-26-19(13)32)14-5-3-12(4-6-14)18-27-29-30-28-18/h1-10,20-21H,11H2,(H,26,32)(H,27,28,29,30). The second-order valence-electron chi connectivity index (χ2n) is 6.78. The molecule has 2 aromatic carbocycles. The summed E-state index contributed by atoms with van der Waals surface area (Å²) >= 11 is 0. The van der Waals surface area contributed by atoms with Crippen LogP contribution in [0, 0.1) is 0 Å². The van der Waals surface area contributed by atoms with Gasteiger partial charge in [-0.2, -0.15) is 22.8 Å². The Morgan fingerprint density at radius 1 is 0.912 bits per heavy atom. The third kappa shape index (κ3) is 5.31. The Hall–Kier alpha value is -4.42. The van der Waals surface area contributed by atoms with E-state index in [0.717, 1.165) is 12.1 Å². The van der Waals surface area contributed by atoms with Gasteiger partial charge in [-0.05, 0) is 47.7 Å². The second-order valence-corrected chi connectivity index (χ2v) is 6.78. The highest BCUT2D eigenvalue weighted by atomic mass is 19.3. The average Bonchev–Trinajstić information content (AvgIpc) is 3.34. The van der Waals surface area contributed by atoms with Crippen molar-refractivity contribution in [2.45, 2.75) is 19.8 Å². The van der Waals surface area contributed by atoms with E-state index in [1.54, 1.807) is 41.3 Å². The first-order valence-corrected chi connectivity index (χ1v) is 9.72. The number of rotatable bonds is 9. The van der Waals surface area contributed by atoms with Gasteiger partial charge in [0.25, 0.3) is 5.56 Å². The maximum Gasteiger partial charge on any atom is 0.387 e. The number of hydrogen-bond donors (Lipinski definition) is 2. The van der Waals surface area contributed by atoms with Crippen molar-refractivity contribution >= 4 is 11.4 Å². The SMILES string of the molecule is O=c1[nH]cccc1CN(c1ccc(-c2nn[nH]n2)cc1)c1ccc(OC(F)F)c(OC(F)F)c1. The molecule has 0 aliphatic carbocycles. The van der Waals surface area contributed by atoms with Crippen LogP contribution in [0.5, 0.6) is 11.5 Å². The maximum atomic E-state index is 12.9. The van der Waals surface area contributed by atoms with Crippen LogP contribution in [-0.4, -0.2) is 38.8 Å². The number of halogens is 4. The number of aromatic amines is 2. The summed E-state index contributed by atoms with van der Waals surface area (Å²) in [5.41, 5.74) is 1.51. The van der Waals surface area contributed by atoms with Gasteiger partial charge in [0.2, 0.25) is 5.82 Å². The van der Waals surface area contributed by atoms with Crippen molar-refractivity contribution in [2.75, 3.05) is 4.90 Å². The fourth-order valence-corrected chi connectivity index (χ4v) is 3.20. The Kier molecular flexibility index (Phi) is 6.71. The molecule has 0 aliphatic heterocycles. The lowest BCUT2D eigenvalue weighted by Crippen LogP contribution is -2.22. The van der Waals surface area contributed by atoms with Crippen LogP contribution in [0.15, 0.2) is 65.6 Å². The number of pyridine rings is 1. The molecule has 0 atom stereocenters. The molecule has 0 unspecified atom stereocenters. The maximum absolute atomic E-state index is 12.9. The topological polar surface area (TPSA) is 109 Å². The summed E-state index contributed by atoms with van der Waals surface area (Å²) in [7, 11) is 0. The van der Waals surface area contributed by atoms with Crippen LogP contribution in [0.2, 0.25) is 0 Å². The lowest BCUT2D eigenvalue weighted by molar-refractivity contribution is -0.0692. The van der Waals surface area contributed by atoms with Gasteiger partial charge >= 0.3 is 13.2 Å². The van der Waals surface area contributed by atoms with E-state index in [1.807, 2.05) is 0 Å². The van der Waals surface area contributed by atoms with E-state index >= 15 is 0 Å². The Bertz CT molecular complexity index is 1280. The zero-order valence-electron chi connectivity index (χ0n) is 17.2. The number of H-pyrrole nitrogens is 2. The number of alkyl halides is 4. The Labute approximate surface area is 189 Å². The zero-order chi connectivity index (χ0) is 24.1. The number of nitrogens with one attached hydrogen (secondary N) is 2. The van der Waals surface area contributed by atoms with Crippen molar-refractivity contribution in [3.05, 3.63) is 76.7 Å². The molecule has 2 heterocycles. The highest BCUT2D eigenvalue weighted by Gasteiger charge is 2.19. The summed E-state index contributed by atoms with van der Waals surface area (Å²) in [4.78, 5) is 16.5. The number of tetrazole rings is 1. The van der Waals surface area contributed by atoms with E-state index < -0.39 is 24.7 Å². The number of anilines is 2. The van der Waals surface area contributed by atoms with Crippen LogP contribution in [-0.2, 0) is 6.54 Å². The first-order valence-electron chi connectivity index (χ1n) is 9.72. The molecule has 0 saturated heterocycles. The lowest BCUT2D eigenvalue weighted by atomic mass is 10.1. The van der Waals surface area contributed by atoms with Gasteiger partial charge in [-0.25, -0.2) is 0 Å². The molecule has 2 aromatic heterocycles. The molecule has 0 saturated carbocycles. The van der Waals surface area contributed by atoms with E-state index in [2.05, 4.69) is 35.1 Å². The molecule has 0 amide bonds. The third-order valence-electron chi connectivity index (χ3n) is 4.68. The van der Waals surface area contributed by atoms with E-state index in [4.69, 9.17) is 0 Å². The Balaban J connectivity index is 1.76. The number of hydrogen-bond acceptors (Lipinski definition) is 7. The molecule has 0 bridgehead atoms. The molecular weight excluding hydrogens is 460 g/mol.